The fourth-order valence-electron chi connectivity index (χ4n) is 1.31. The molecule has 0 unspecified atom stereocenters. The minimum atomic E-state index is -3.91. The van der Waals surface area contributed by atoms with Crippen LogP contribution in [0.1, 0.15) is 0 Å². The van der Waals surface area contributed by atoms with Gasteiger partial charge in [-0.3, -0.25) is 0 Å². The van der Waals surface area contributed by atoms with Gasteiger partial charge < -0.3 is 4.74 Å². The first kappa shape index (κ1) is 11.9. The summed E-state index contributed by atoms with van der Waals surface area (Å²) in [5, 5.41) is 5.65. The average Bonchev–Trinajstić information content (AvgIpc) is 2.77. The fraction of sp³-hybridized carbons (Fsp3) is 0.111. The molecule has 17 heavy (non-hydrogen) atoms. The molecule has 0 atom stereocenters. The Morgan fingerprint density at radius 2 is 2.06 bits per heavy atom. The Bertz CT molecular complexity index is 638. The molecule has 2 rings (SSSR count). The number of aromatic nitrogens is 3. The summed E-state index contributed by atoms with van der Waals surface area (Å²) in [4.78, 5) is 3.79. The number of H-pyrrole nitrogens is 1. The molecule has 8 heteroatoms. The summed E-state index contributed by atoms with van der Waals surface area (Å²) in [5.41, 5.74) is 0.581. The van der Waals surface area contributed by atoms with Gasteiger partial charge >= 0.3 is 0 Å². The normalized spacial score (nSPS) is 11.4. The van der Waals surface area contributed by atoms with E-state index in [1.807, 2.05) is 0 Å². The second-order valence-corrected chi connectivity index (χ2v) is 5.58. The van der Waals surface area contributed by atoms with Gasteiger partial charge in [0.05, 0.1) is 12.7 Å². The highest BCUT2D eigenvalue weighted by atomic mass is 35.7. The zero-order valence-corrected chi connectivity index (χ0v) is 10.3. The van der Waals surface area contributed by atoms with Crippen LogP contribution in [-0.4, -0.2) is 30.7 Å². The third kappa shape index (κ3) is 2.40. The minimum Gasteiger partial charge on any atom is -0.496 e. The average molecular weight is 274 g/mol. The quantitative estimate of drug-likeness (QED) is 0.855. The molecule has 0 saturated heterocycles. The van der Waals surface area contributed by atoms with Crippen molar-refractivity contribution in [2.24, 2.45) is 0 Å². The van der Waals surface area contributed by atoms with Crippen LogP contribution >= 0.6 is 10.7 Å². The first-order valence-electron chi connectivity index (χ1n) is 4.53. The van der Waals surface area contributed by atoms with Gasteiger partial charge in [-0.25, -0.2) is 13.5 Å². The summed E-state index contributed by atoms with van der Waals surface area (Å²) in [6.07, 6.45) is 0. The molecule has 0 amide bonds. The lowest BCUT2D eigenvalue weighted by molar-refractivity contribution is 0.416. The van der Waals surface area contributed by atoms with Crippen molar-refractivity contribution in [2.45, 2.75) is 5.16 Å². The maximum Gasteiger partial charge on any atom is 0.296 e. The monoisotopic (exact) mass is 273 g/mol. The van der Waals surface area contributed by atoms with Crippen LogP contribution in [0.4, 0.5) is 0 Å². The molecule has 2 aromatic rings. The SMILES string of the molecule is COc1ccccc1-c1n[nH]c(S(=O)(=O)Cl)n1. The Morgan fingerprint density at radius 1 is 1.35 bits per heavy atom. The van der Waals surface area contributed by atoms with E-state index in [0.717, 1.165) is 0 Å². The van der Waals surface area contributed by atoms with Crippen LogP contribution in [0, 0.1) is 0 Å². The number of rotatable bonds is 3. The first-order chi connectivity index (χ1) is 8.02. The lowest BCUT2D eigenvalue weighted by atomic mass is 10.2. The molecule has 1 N–H and O–H groups in total. The lowest BCUT2D eigenvalue weighted by Gasteiger charge is -2.03. The highest BCUT2D eigenvalue weighted by Crippen LogP contribution is 2.27. The lowest BCUT2D eigenvalue weighted by Crippen LogP contribution is -1.93. The molecule has 0 spiro atoms. The van der Waals surface area contributed by atoms with Gasteiger partial charge in [-0.2, -0.15) is 10.1 Å². The van der Waals surface area contributed by atoms with E-state index in [4.69, 9.17) is 15.4 Å². The van der Waals surface area contributed by atoms with Gasteiger partial charge in [-0.15, -0.1) is 0 Å². The molecule has 0 fully saturated rings. The Kier molecular flexibility index (Phi) is 3.03. The molecular weight excluding hydrogens is 266 g/mol. The van der Waals surface area contributed by atoms with E-state index >= 15 is 0 Å². The van der Waals surface area contributed by atoms with Gasteiger partial charge in [-0.05, 0) is 12.1 Å². The number of nitrogens with one attached hydrogen (secondary N) is 1. The number of methoxy groups -OCH3 is 1. The highest BCUT2D eigenvalue weighted by molar-refractivity contribution is 8.13. The zero-order valence-electron chi connectivity index (χ0n) is 8.71. The van der Waals surface area contributed by atoms with E-state index < -0.39 is 9.05 Å². The summed E-state index contributed by atoms with van der Waals surface area (Å²) in [5.74, 6) is 0.756. The van der Waals surface area contributed by atoms with Crippen LogP contribution in [0.5, 0.6) is 5.75 Å². The summed E-state index contributed by atoms with van der Waals surface area (Å²) < 4.78 is 27.2. The second kappa shape index (κ2) is 4.34. The second-order valence-electron chi connectivity index (χ2n) is 3.10. The highest BCUT2D eigenvalue weighted by Gasteiger charge is 2.18. The van der Waals surface area contributed by atoms with Crippen LogP contribution in [0.15, 0.2) is 29.4 Å². The maximum absolute atomic E-state index is 11.0. The number of aromatic amines is 1. The minimum absolute atomic E-state index is 0.210. The smallest absolute Gasteiger partial charge is 0.296 e. The Balaban J connectivity index is 2.51. The number of hydrogen-bond acceptors (Lipinski definition) is 5. The van der Waals surface area contributed by atoms with Gasteiger partial charge in [0.25, 0.3) is 14.2 Å². The number of hydrogen-bond donors (Lipinski definition) is 1. The van der Waals surface area contributed by atoms with Crippen molar-refractivity contribution in [2.75, 3.05) is 7.11 Å². The van der Waals surface area contributed by atoms with Gasteiger partial charge in [0.1, 0.15) is 5.75 Å². The van der Waals surface area contributed by atoms with Crippen molar-refractivity contribution in [3.8, 4) is 17.1 Å². The Morgan fingerprint density at radius 3 is 2.65 bits per heavy atom. The van der Waals surface area contributed by atoms with Crippen molar-refractivity contribution >= 4 is 19.7 Å². The van der Waals surface area contributed by atoms with Crippen molar-refractivity contribution in [1.29, 1.82) is 0 Å². The van der Waals surface area contributed by atoms with Crippen molar-refractivity contribution in [3.05, 3.63) is 24.3 Å². The predicted octanol–water partition coefficient (Wildman–Crippen LogP) is 1.41. The number of ether oxygens (including phenoxy) is 1. The molecule has 0 radical (unpaired) electrons. The summed E-state index contributed by atoms with van der Waals surface area (Å²) in [7, 11) is 2.74. The first-order valence-corrected chi connectivity index (χ1v) is 6.84. The molecule has 1 aromatic heterocycles. The van der Waals surface area contributed by atoms with Crippen LogP contribution in [0.2, 0.25) is 0 Å². The number of benzene rings is 1. The molecule has 0 saturated carbocycles. The van der Waals surface area contributed by atoms with E-state index in [0.29, 0.717) is 11.3 Å². The third-order valence-electron chi connectivity index (χ3n) is 2.04. The van der Waals surface area contributed by atoms with Crippen molar-refractivity contribution in [3.63, 3.8) is 0 Å². The van der Waals surface area contributed by atoms with Gasteiger partial charge in [0.15, 0.2) is 5.82 Å². The predicted molar refractivity (Wildman–Crippen MR) is 61.4 cm³/mol. The van der Waals surface area contributed by atoms with Crippen molar-refractivity contribution in [1.82, 2.24) is 15.2 Å². The summed E-state index contributed by atoms with van der Waals surface area (Å²) >= 11 is 0. The summed E-state index contributed by atoms with van der Waals surface area (Å²) in [6, 6.07) is 6.99. The topological polar surface area (TPSA) is 84.9 Å². The van der Waals surface area contributed by atoms with Crippen LogP contribution in [0.25, 0.3) is 11.4 Å². The van der Waals surface area contributed by atoms with Crippen molar-refractivity contribution < 1.29 is 13.2 Å². The largest absolute Gasteiger partial charge is 0.496 e. The molecule has 1 aromatic carbocycles. The Hall–Kier alpha value is -1.60. The van der Waals surface area contributed by atoms with E-state index in [9.17, 15) is 8.42 Å². The van der Waals surface area contributed by atoms with E-state index in [1.54, 1.807) is 24.3 Å². The maximum atomic E-state index is 11.0. The Labute approximate surface area is 102 Å². The van der Waals surface area contributed by atoms with Crippen LogP contribution in [0.3, 0.4) is 0 Å². The molecule has 1 heterocycles. The third-order valence-corrected chi connectivity index (χ3v) is 3.13. The summed E-state index contributed by atoms with van der Waals surface area (Å²) in [6.45, 7) is 0. The zero-order chi connectivity index (χ0) is 12.5. The standard InChI is InChI=1S/C9H8ClN3O3S/c1-16-7-5-3-2-4-6(7)8-11-9(13-12-8)17(10,14)15/h2-5H,1H3,(H,11,12,13). The van der Waals surface area contributed by atoms with Gasteiger partial charge in [0, 0.05) is 10.7 Å². The molecule has 0 aliphatic rings. The molecule has 0 bridgehead atoms. The van der Waals surface area contributed by atoms with Crippen LogP contribution < -0.4 is 4.74 Å². The molecule has 0 aliphatic carbocycles. The van der Waals surface area contributed by atoms with Crippen LogP contribution in [-0.2, 0) is 9.05 Å². The molecular formula is C9H8ClN3O3S. The van der Waals surface area contributed by atoms with E-state index in [1.165, 1.54) is 7.11 Å². The molecule has 90 valence electrons. The number of nitrogens with zero attached hydrogens (tertiary/aromatic N) is 2. The van der Waals surface area contributed by atoms with E-state index in [2.05, 4.69) is 15.2 Å². The van der Waals surface area contributed by atoms with Gasteiger partial charge in [0.2, 0.25) is 0 Å². The molecule has 0 aliphatic heterocycles. The number of para-hydroxylation sites is 1. The molecule has 6 nitrogen and oxygen atoms in total. The fourth-order valence-corrected chi connectivity index (χ4v) is 1.86. The van der Waals surface area contributed by atoms with Gasteiger partial charge in [-0.1, -0.05) is 12.1 Å². The number of halogens is 1. The van der Waals surface area contributed by atoms with E-state index in [-0.39, 0.29) is 11.0 Å².